The molecule has 8 heteroatoms. The van der Waals surface area contributed by atoms with Crippen molar-refractivity contribution >= 4 is 34.7 Å². The maximum Gasteiger partial charge on any atom is 0.283 e. The van der Waals surface area contributed by atoms with Crippen molar-refractivity contribution in [3.8, 4) is 0 Å². The molecule has 2 aromatic rings. The SMILES string of the molecule is CSc1ccc(C(=O)Nc2ccccc2N2CCOCC2)cc1[N+](=O)[O-]. The first-order valence-corrected chi connectivity index (χ1v) is 9.38. The number of nitro groups is 1. The van der Waals surface area contributed by atoms with Gasteiger partial charge in [-0.15, -0.1) is 11.8 Å². The lowest BCUT2D eigenvalue weighted by Crippen LogP contribution is -2.36. The van der Waals surface area contributed by atoms with Gasteiger partial charge in [0.2, 0.25) is 0 Å². The summed E-state index contributed by atoms with van der Waals surface area (Å²) in [6.07, 6.45) is 1.76. The molecule has 0 bridgehead atoms. The number of hydrogen-bond acceptors (Lipinski definition) is 6. The number of benzene rings is 2. The third-order valence-corrected chi connectivity index (χ3v) is 4.93. The van der Waals surface area contributed by atoms with Gasteiger partial charge in [0.05, 0.1) is 34.4 Å². The van der Waals surface area contributed by atoms with Crippen molar-refractivity contribution in [2.75, 3.05) is 42.8 Å². The molecule has 0 saturated carbocycles. The van der Waals surface area contributed by atoms with Gasteiger partial charge in [0.1, 0.15) is 0 Å². The van der Waals surface area contributed by atoms with Gasteiger partial charge in [0, 0.05) is 24.7 Å². The van der Waals surface area contributed by atoms with E-state index in [2.05, 4.69) is 10.2 Å². The minimum Gasteiger partial charge on any atom is -0.378 e. The molecule has 1 aliphatic heterocycles. The minimum atomic E-state index is -0.468. The van der Waals surface area contributed by atoms with E-state index in [1.165, 1.54) is 17.8 Å². The molecule has 1 fully saturated rings. The molecule has 3 rings (SSSR count). The summed E-state index contributed by atoms with van der Waals surface area (Å²) >= 11 is 1.28. The van der Waals surface area contributed by atoms with E-state index in [-0.39, 0.29) is 17.2 Å². The van der Waals surface area contributed by atoms with Crippen molar-refractivity contribution in [3.63, 3.8) is 0 Å². The predicted molar refractivity (Wildman–Crippen MR) is 102 cm³/mol. The predicted octanol–water partition coefficient (Wildman–Crippen LogP) is 3.41. The Hall–Kier alpha value is -2.58. The lowest BCUT2D eigenvalue weighted by Gasteiger charge is -2.30. The number of nitrogens with one attached hydrogen (secondary N) is 1. The normalized spacial score (nSPS) is 14.1. The number of hydrogen-bond donors (Lipinski definition) is 1. The van der Waals surface area contributed by atoms with Gasteiger partial charge in [-0.05, 0) is 30.5 Å². The highest BCUT2D eigenvalue weighted by atomic mass is 32.2. The van der Waals surface area contributed by atoms with Crippen LogP contribution in [0.3, 0.4) is 0 Å². The molecular weight excluding hydrogens is 354 g/mol. The Balaban J connectivity index is 1.84. The van der Waals surface area contributed by atoms with Gasteiger partial charge in [-0.1, -0.05) is 12.1 Å². The second kappa shape index (κ2) is 8.20. The topological polar surface area (TPSA) is 84.7 Å². The van der Waals surface area contributed by atoms with Crippen LogP contribution in [0.4, 0.5) is 17.1 Å². The molecule has 26 heavy (non-hydrogen) atoms. The standard InChI is InChI=1S/C18H19N3O4S/c1-26-17-7-6-13(12-16(17)21(23)24)18(22)19-14-4-2-3-5-15(14)20-8-10-25-11-9-20/h2-7,12H,8-11H2,1H3,(H,19,22). The van der Waals surface area contributed by atoms with Gasteiger partial charge in [-0.3, -0.25) is 14.9 Å². The van der Waals surface area contributed by atoms with Crippen molar-refractivity contribution < 1.29 is 14.5 Å². The summed E-state index contributed by atoms with van der Waals surface area (Å²) in [6, 6.07) is 12.1. The summed E-state index contributed by atoms with van der Waals surface area (Å²) < 4.78 is 5.37. The highest BCUT2D eigenvalue weighted by Gasteiger charge is 2.19. The van der Waals surface area contributed by atoms with Crippen molar-refractivity contribution in [2.24, 2.45) is 0 Å². The van der Waals surface area contributed by atoms with Crippen LogP contribution in [-0.4, -0.2) is 43.4 Å². The second-order valence-electron chi connectivity index (χ2n) is 5.71. The number of nitrogens with zero attached hydrogens (tertiary/aromatic N) is 2. The molecule has 0 aliphatic carbocycles. The molecule has 1 aliphatic rings. The van der Waals surface area contributed by atoms with Gasteiger partial charge in [0.25, 0.3) is 11.6 Å². The Morgan fingerprint density at radius 3 is 2.65 bits per heavy atom. The van der Waals surface area contributed by atoms with Crippen molar-refractivity contribution in [2.45, 2.75) is 4.90 Å². The molecule has 2 aromatic carbocycles. The summed E-state index contributed by atoms with van der Waals surface area (Å²) in [4.78, 5) is 26.1. The number of rotatable bonds is 5. The maximum atomic E-state index is 12.6. The summed E-state index contributed by atoms with van der Waals surface area (Å²) in [5.74, 6) is -0.374. The number of thioether (sulfide) groups is 1. The molecule has 0 radical (unpaired) electrons. The summed E-state index contributed by atoms with van der Waals surface area (Å²) in [5.41, 5.74) is 1.79. The molecule has 0 aromatic heterocycles. The summed E-state index contributed by atoms with van der Waals surface area (Å²) in [5, 5.41) is 14.1. The molecule has 1 saturated heterocycles. The van der Waals surface area contributed by atoms with Crippen LogP contribution in [0.1, 0.15) is 10.4 Å². The van der Waals surface area contributed by atoms with Crippen LogP contribution in [0.25, 0.3) is 0 Å². The fourth-order valence-corrected chi connectivity index (χ4v) is 3.37. The third kappa shape index (κ3) is 3.97. The number of para-hydroxylation sites is 2. The van der Waals surface area contributed by atoms with Crippen LogP contribution in [-0.2, 0) is 4.74 Å². The Morgan fingerprint density at radius 2 is 1.96 bits per heavy atom. The van der Waals surface area contributed by atoms with Crippen LogP contribution in [0.2, 0.25) is 0 Å². The summed E-state index contributed by atoms with van der Waals surface area (Å²) in [6.45, 7) is 2.79. The molecule has 7 nitrogen and oxygen atoms in total. The van der Waals surface area contributed by atoms with E-state index in [1.54, 1.807) is 18.4 Å². The van der Waals surface area contributed by atoms with E-state index in [0.717, 1.165) is 18.8 Å². The highest BCUT2D eigenvalue weighted by Crippen LogP contribution is 2.30. The Labute approximate surface area is 155 Å². The van der Waals surface area contributed by atoms with E-state index in [9.17, 15) is 14.9 Å². The van der Waals surface area contributed by atoms with E-state index in [1.807, 2.05) is 24.3 Å². The lowest BCUT2D eigenvalue weighted by atomic mass is 10.1. The highest BCUT2D eigenvalue weighted by molar-refractivity contribution is 7.98. The molecule has 1 amide bonds. The van der Waals surface area contributed by atoms with E-state index in [0.29, 0.717) is 23.8 Å². The van der Waals surface area contributed by atoms with Gasteiger partial charge < -0.3 is 15.0 Å². The van der Waals surface area contributed by atoms with Gasteiger partial charge in [-0.25, -0.2) is 0 Å². The number of carbonyl (C=O) groups is 1. The second-order valence-corrected chi connectivity index (χ2v) is 6.56. The van der Waals surface area contributed by atoms with E-state index in [4.69, 9.17) is 4.74 Å². The van der Waals surface area contributed by atoms with Crippen LogP contribution < -0.4 is 10.2 Å². The third-order valence-electron chi connectivity index (χ3n) is 4.14. The Bertz CT molecular complexity index is 822. The van der Waals surface area contributed by atoms with Crippen LogP contribution in [0.5, 0.6) is 0 Å². The Kier molecular flexibility index (Phi) is 5.75. The molecule has 0 spiro atoms. The molecule has 0 atom stereocenters. The van der Waals surface area contributed by atoms with Gasteiger partial charge >= 0.3 is 0 Å². The summed E-state index contributed by atoms with van der Waals surface area (Å²) in [7, 11) is 0. The van der Waals surface area contributed by atoms with Crippen LogP contribution in [0, 0.1) is 10.1 Å². The van der Waals surface area contributed by atoms with Gasteiger partial charge in [-0.2, -0.15) is 0 Å². The van der Waals surface area contributed by atoms with Crippen LogP contribution >= 0.6 is 11.8 Å². The number of amides is 1. The fourth-order valence-electron chi connectivity index (χ4n) is 2.83. The first-order valence-electron chi connectivity index (χ1n) is 8.15. The largest absolute Gasteiger partial charge is 0.378 e. The number of nitro benzene ring substituents is 1. The minimum absolute atomic E-state index is 0.0633. The quantitative estimate of drug-likeness (QED) is 0.491. The molecule has 0 unspecified atom stereocenters. The Morgan fingerprint density at radius 1 is 1.23 bits per heavy atom. The number of carbonyl (C=O) groups excluding carboxylic acids is 1. The lowest BCUT2D eigenvalue weighted by molar-refractivity contribution is -0.387. The maximum absolute atomic E-state index is 12.6. The zero-order chi connectivity index (χ0) is 18.5. The average Bonchev–Trinajstić information content (AvgIpc) is 2.68. The van der Waals surface area contributed by atoms with Crippen molar-refractivity contribution in [3.05, 3.63) is 58.1 Å². The number of ether oxygens (including phenoxy) is 1. The zero-order valence-electron chi connectivity index (χ0n) is 14.3. The van der Waals surface area contributed by atoms with Crippen LogP contribution in [0.15, 0.2) is 47.4 Å². The first kappa shape index (κ1) is 18.2. The number of morpholine rings is 1. The molecular formula is C18H19N3O4S. The zero-order valence-corrected chi connectivity index (χ0v) is 15.1. The van der Waals surface area contributed by atoms with Crippen molar-refractivity contribution in [1.29, 1.82) is 0 Å². The van der Waals surface area contributed by atoms with E-state index >= 15 is 0 Å². The van der Waals surface area contributed by atoms with E-state index < -0.39 is 4.92 Å². The molecule has 1 N–H and O–H groups in total. The first-order chi connectivity index (χ1) is 12.6. The number of anilines is 2. The monoisotopic (exact) mass is 373 g/mol. The average molecular weight is 373 g/mol. The molecule has 1 heterocycles. The van der Waals surface area contributed by atoms with Crippen molar-refractivity contribution in [1.82, 2.24) is 0 Å². The molecule has 136 valence electrons. The fraction of sp³-hybridized carbons (Fsp3) is 0.278. The van der Waals surface area contributed by atoms with Gasteiger partial charge in [0.15, 0.2) is 0 Å². The smallest absolute Gasteiger partial charge is 0.283 e.